The highest BCUT2D eigenvalue weighted by molar-refractivity contribution is 8.03. The van der Waals surface area contributed by atoms with Gasteiger partial charge in [-0.3, -0.25) is 9.69 Å². The van der Waals surface area contributed by atoms with Crippen molar-refractivity contribution in [1.82, 2.24) is 4.90 Å². The van der Waals surface area contributed by atoms with Gasteiger partial charge in [-0.1, -0.05) is 36.0 Å². The molecule has 9 heteroatoms. The van der Waals surface area contributed by atoms with Crippen molar-refractivity contribution in [3.05, 3.63) is 75.6 Å². The molecule has 0 aromatic heterocycles. The maximum atomic E-state index is 13.4. The van der Waals surface area contributed by atoms with Gasteiger partial charge in [-0.15, -0.1) is 0 Å². The van der Waals surface area contributed by atoms with Crippen LogP contribution in [0.2, 0.25) is 0 Å². The first-order valence-electron chi connectivity index (χ1n) is 10.1. The highest BCUT2D eigenvalue weighted by Crippen LogP contribution is 2.52. The number of hydrogen-bond acceptors (Lipinski definition) is 8. The van der Waals surface area contributed by atoms with Crippen LogP contribution in [0.4, 0.5) is 0 Å². The summed E-state index contributed by atoms with van der Waals surface area (Å²) < 4.78 is 16.3. The average molecular weight is 464 g/mol. The SMILES string of the molecule is CCOC(=O)C1=C(N)N2C(=O)c3ccccc3SC2=C(C#N)C1c1cccc(OC)c1OC. The Hall–Kier alpha value is -3.90. The van der Waals surface area contributed by atoms with Crippen molar-refractivity contribution in [2.75, 3.05) is 20.8 Å². The van der Waals surface area contributed by atoms with Crippen LogP contribution >= 0.6 is 11.8 Å². The molecule has 0 radical (unpaired) electrons. The number of hydrogen-bond donors (Lipinski definition) is 1. The number of benzene rings is 2. The zero-order valence-electron chi connectivity index (χ0n) is 18.2. The Labute approximate surface area is 195 Å². The summed E-state index contributed by atoms with van der Waals surface area (Å²) in [7, 11) is 2.97. The van der Waals surface area contributed by atoms with Gasteiger partial charge >= 0.3 is 5.97 Å². The van der Waals surface area contributed by atoms with Crippen LogP contribution in [0.1, 0.15) is 28.8 Å². The second-order valence-electron chi connectivity index (χ2n) is 7.10. The van der Waals surface area contributed by atoms with Crippen LogP contribution in [0.5, 0.6) is 11.5 Å². The quantitative estimate of drug-likeness (QED) is 0.670. The Balaban J connectivity index is 2.04. The summed E-state index contributed by atoms with van der Waals surface area (Å²) in [5.74, 6) is -1.34. The van der Waals surface area contributed by atoms with Crippen LogP contribution < -0.4 is 15.2 Å². The number of nitrogens with two attached hydrogens (primary N) is 1. The van der Waals surface area contributed by atoms with Crippen LogP contribution in [-0.4, -0.2) is 37.6 Å². The molecule has 1 amide bonds. The maximum absolute atomic E-state index is 13.4. The molecule has 1 atom stereocenters. The molecule has 0 bridgehead atoms. The lowest BCUT2D eigenvalue weighted by atomic mass is 9.82. The standard InChI is InChI=1S/C24H21N3O5S/c1-4-32-24(29)19-18(14-9-7-10-16(30-2)20(14)31-3)15(12-25)23-27(21(19)26)22(28)13-8-5-6-11-17(13)33-23/h5-11,18H,4,26H2,1-3H3. The Morgan fingerprint density at radius 1 is 1.18 bits per heavy atom. The molecule has 8 nitrogen and oxygen atoms in total. The summed E-state index contributed by atoms with van der Waals surface area (Å²) in [6, 6.07) is 14.4. The first kappa shape index (κ1) is 22.3. The van der Waals surface area contributed by atoms with E-state index in [-0.39, 0.29) is 23.6 Å². The van der Waals surface area contributed by atoms with E-state index >= 15 is 0 Å². The molecule has 0 fully saturated rings. The highest BCUT2D eigenvalue weighted by atomic mass is 32.2. The second kappa shape index (κ2) is 8.92. The molecule has 0 saturated heterocycles. The Bertz CT molecular complexity index is 1260. The highest BCUT2D eigenvalue weighted by Gasteiger charge is 2.45. The van der Waals surface area contributed by atoms with E-state index in [1.54, 1.807) is 43.3 Å². The molecule has 33 heavy (non-hydrogen) atoms. The van der Waals surface area contributed by atoms with E-state index in [4.69, 9.17) is 19.9 Å². The van der Waals surface area contributed by atoms with Crippen molar-refractivity contribution >= 4 is 23.6 Å². The van der Waals surface area contributed by atoms with Gasteiger partial charge in [0.2, 0.25) is 0 Å². The van der Waals surface area contributed by atoms with Crippen molar-refractivity contribution < 1.29 is 23.8 Å². The molecule has 2 N–H and O–H groups in total. The third-order valence-electron chi connectivity index (χ3n) is 5.42. The number of amides is 1. The number of carbonyl (C=O) groups excluding carboxylic acids is 2. The van der Waals surface area contributed by atoms with E-state index in [9.17, 15) is 14.9 Å². The molecule has 4 rings (SSSR count). The molecule has 2 heterocycles. The fourth-order valence-corrected chi connectivity index (χ4v) is 5.19. The number of carbonyl (C=O) groups is 2. The summed E-state index contributed by atoms with van der Waals surface area (Å²) in [6.07, 6.45) is 0. The zero-order valence-corrected chi connectivity index (χ0v) is 19.1. The molecular formula is C24H21N3O5S. The maximum Gasteiger partial charge on any atom is 0.338 e. The van der Waals surface area contributed by atoms with Gasteiger partial charge in [0.15, 0.2) is 11.5 Å². The largest absolute Gasteiger partial charge is 0.493 e. The lowest BCUT2D eigenvalue weighted by molar-refractivity contribution is -0.138. The van der Waals surface area contributed by atoms with Crippen molar-refractivity contribution in [1.29, 1.82) is 5.26 Å². The van der Waals surface area contributed by atoms with Gasteiger partial charge in [-0.05, 0) is 25.1 Å². The fraction of sp³-hybridized carbons (Fsp3) is 0.208. The first-order chi connectivity index (χ1) is 16.0. The van der Waals surface area contributed by atoms with Crippen LogP contribution in [0.15, 0.2) is 69.4 Å². The molecule has 2 aromatic carbocycles. The molecule has 2 aliphatic rings. The summed E-state index contributed by atoms with van der Waals surface area (Å²) in [5.41, 5.74) is 7.59. The fourth-order valence-electron chi connectivity index (χ4n) is 4.02. The molecule has 168 valence electrons. The average Bonchev–Trinajstić information content (AvgIpc) is 2.83. The molecule has 2 aliphatic heterocycles. The van der Waals surface area contributed by atoms with Crippen LogP contribution in [-0.2, 0) is 9.53 Å². The van der Waals surface area contributed by atoms with Crippen molar-refractivity contribution in [2.45, 2.75) is 17.7 Å². The molecule has 2 aromatic rings. The summed E-state index contributed by atoms with van der Waals surface area (Å²) >= 11 is 1.25. The van der Waals surface area contributed by atoms with Gasteiger partial charge in [-0.2, -0.15) is 5.26 Å². The first-order valence-corrected chi connectivity index (χ1v) is 10.9. The number of rotatable bonds is 5. The lowest BCUT2D eigenvalue weighted by Gasteiger charge is -2.38. The Morgan fingerprint density at radius 3 is 2.61 bits per heavy atom. The normalized spacial score (nSPS) is 17.2. The smallest absolute Gasteiger partial charge is 0.338 e. The minimum atomic E-state index is -0.920. The summed E-state index contributed by atoms with van der Waals surface area (Å²) in [4.78, 5) is 28.4. The van der Waals surface area contributed by atoms with E-state index < -0.39 is 17.8 Å². The number of allylic oxidation sites excluding steroid dienone is 1. The van der Waals surface area contributed by atoms with Crippen LogP contribution in [0.3, 0.4) is 0 Å². The Morgan fingerprint density at radius 2 is 1.94 bits per heavy atom. The van der Waals surface area contributed by atoms with E-state index in [1.807, 2.05) is 6.07 Å². The number of nitrogens with zero attached hydrogens (tertiary/aromatic N) is 2. The minimum Gasteiger partial charge on any atom is -0.493 e. The van der Waals surface area contributed by atoms with Crippen molar-refractivity contribution in [2.24, 2.45) is 5.73 Å². The molecular weight excluding hydrogens is 442 g/mol. The molecule has 0 saturated carbocycles. The van der Waals surface area contributed by atoms with Gasteiger partial charge < -0.3 is 19.9 Å². The number of para-hydroxylation sites is 1. The van der Waals surface area contributed by atoms with E-state index in [0.717, 1.165) is 0 Å². The van der Waals surface area contributed by atoms with Crippen LogP contribution in [0.25, 0.3) is 0 Å². The number of nitriles is 1. The topological polar surface area (TPSA) is 115 Å². The number of thioether (sulfide) groups is 1. The number of ether oxygens (including phenoxy) is 3. The number of methoxy groups -OCH3 is 2. The molecule has 0 spiro atoms. The Kier molecular flexibility index (Phi) is 6.03. The molecule has 1 unspecified atom stereocenters. The van der Waals surface area contributed by atoms with Crippen molar-refractivity contribution in [3.63, 3.8) is 0 Å². The third kappa shape index (κ3) is 3.49. The van der Waals surface area contributed by atoms with E-state index in [2.05, 4.69) is 6.07 Å². The molecule has 0 aliphatic carbocycles. The second-order valence-corrected chi connectivity index (χ2v) is 8.14. The van der Waals surface area contributed by atoms with Gasteiger partial charge in [0.05, 0.1) is 49.5 Å². The number of fused-ring (bicyclic) bond motifs is 2. The summed E-state index contributed by atoms with van der Waals surface area (Å²) in [5, 5.41) is 10.6. The number of esters is 1. The zero-order chi connectivity index (χ0) is 23.7. The minimum absolute atomic E-state index is 0.00275. The van der Waals surface area contributed by atoms with E-state index in [0.29, 0.717) is 32.6 Å². The third-order valence-corrected chi connectivity index (χ3v) is 6.59. The lowest BCUT2D eigenvalue weighted by Crippen LogP contribution is -2.42. The van der Waals surface area contributed by atoms with E-state index in [1.165, 1.54) is 30.9 Å². The van der Waals surface area contributed by atoms with Gasteiger partial charge in [-0.25, -0.2) is 4.79 Å². The van der Waals surface area contributed by atoms with Gasteiger partial charge in [0, 0.05) is 10.5 Å². The summed E-state index contributed by atoms with van der Waals surface area (Å²) in [6.45, 7) is 1.77. The predicted molar refractivity (Wildman–Crippen MR) is 121 cm³/mol. The predicted octanol–water partition coefficient (Wildman–Crippen LogP) is 3.52. The van der Waals surface area contributed by atoms with Crippen LogP contribution in [0, 0.1) is 11.3 Å². The van der Waals surface area contributed by atoms with Crippen molar-refractivity contribution in [3.8, 4) is 17.6 Å². The monoisotopic (exact) mass is 463 g/mol. The van der Waals surface area contributed by atoms with Gasteiger partial charge in [0.25, 0.3) is 5.91 Å². The van der Waals surface area contributed by atoms with Gasteiger partial charge in [0.1, 0.15) is 10.9 Å².